The minimum atomic E-state index is -0.377. The highest BCUT2D eigenvalue weighted by molar-refractivity contribution is 8.00. The Morgan fingerprint density at radius 1 is 1.30 bits per heavy atom. The van der Waals surface area contributed by atoms with Crippen LogP contribution in [0.5, 0.6) is 0 Å². The standard InChI is InChI=1S/C18H26N2O2S/c1-4-9-16-20(18(22)14-10-7-6-8-11-14)15(12-23-16)17(21)19-13(3)5-2/h6-8,10-11,13,15-16H,4-5,9,12H2,1-3H3,(H,19,21). The largest absolute Gasteiger partial charge is 0.352 e. The number of amides is 2. The van der Waals surface area contributed by atoms with E-state index in [9.17, 15) is 9.59 Å². The van der Waals surface area contributed by atoms with E-state index in [4.69, 9.17) is 0 Å². The van der Waals surface area contributed by atoms with Crippen molar-refractivity contribution in [3.8, 4) is 0 Å². The zero-order valence-electron chi connectivity index (χ0n) is 14.1. The molecule has 1 aromatic carbocycles. The first-order valence-electron chi connectivity index (χ1n) is 8.38. The number of thioether (sulfide) groups is 1. The second-order valence-electron chi connectivity index (χ2n) is 5.99. The van der Waals surface area contributed by atoms with Gasteiger partial charge < -0.3 is 10.2 Å². The normalized spacial score (nSPS) is 22.0. The maximum atomic E-state index is 12.9. The Bertz CT molecular complexity index is 535. The molecule has 1 fully saturated rings. The Morgan fingerprint density at radius 2 is 2.00 bits per heavy atom. The van der Waals surface area contributed by atoms with Gasteiger partial charge >= 0.3 is 0 Å². The van der Waals surface area contributed by atoms with Gasteiger partial charge in [-0.25, -0.2) is 0 Å². The van der Waals surface area contributed by atoms with Crippen molar-refractivity contribution >= 4 is 23.6 Å². The first-order valence-corrected chi connectivity index (χ1v) is 9.43. The van der Waals surface area contributed by atoms with Crippen LogP contribution in [0.1, 0.15) is 50.4 Å². The summed E-state index contributed by atoms with van der Waals surface area (Å²) in [7, 11) is 0. The highest BCUT2D eigenvalue weighted by Crippen LogP contribution is 2.33. The lowest BCUT2D eigenvalue weighted by molar-refractivity contribution is -0.125. The minimum Gasteiger partial charge on any atom is -0.352 e. The fourth-order valence-corrected chi connectivity index (χ4v) is 4.20. The van der Waals surface area contributed by atoms with E-state index in [1.54, 1.807) is 16.7 Å². The van der Waals surface area contributed by atoms with Crippen LogP contribution < -0.4 is 5.32 Å². The molecule has 2 rings (SSSR count). The summed E-state index contributed by atoms with van der Waals surface area (Å²) in [6, 6.07) is 9.01. The second-order valence-corrected chi connectivity index (χ2v) is 7.20. The quantitative estimate of drug-likeness (QED) is 0.868. The summed E-state index contributed by atoms with van der Waals surface area (Å²) in [4.78, 5) is 27.3. The van der Waals surface area contributed by atoms with Gasteiger partial charge in [0, 0.05) is 17.4 Å². The van der Waals surface area contributed by atoms with E-state index in [1.165, 1.54) is 0 Å². The molecule has 126 valence electrons. The van der Waals surface area contributed by atoms with Gasteiger partial charge in [0.1, 0.15) is 6.04 Å². The van der Waals surface area contributed by atoms with Crippen LogP contribution in [0.25, 0.3) is 0 Å². The highest BCUT2D eigenvalue weighted by atomic mass is 32.2. The zero-order chi connectivity index (χ0) is 16.8. The maximum absolute atomic E-state index is 12.9. The zero-order valence-corrected chi connectivity index (χ0v) is 14.9. The third-order valence-electron chi connectivity index (χ3n) is 4.19. The average Bonchev–Trinajstić information content (AvgIpc) is 2.99. The van der Waals surface area contributed by atoms with Crippen LogP contribution in [0.4, 0.5) is 0 Å². The predicted molar refractivity (Wildman–Crippen MR) is 95.4 cm³/mol. The summed E-state index contributed by atoms with van der Waals surface area (Å²) < 4.78 is 0. The number of hydrogen-bond donors (Lipinski definition) is 1. The molecule has 0 radical (unpaired) electrons. The number of nitrogens with zero attached hydrogens (tertiary/aromatic N) is 1. The molecular weight excluding hydrogens is 308 g/mol. The SMILES string of the molecule is CCCC1SCC(C(=O)NC(C)CC)N1C(=O)c1ccccc1. The summed E-state index contributed by atoms with van der Waals surface area (Å²) in [5.74, 6) is 0.596. The van der Waals surface area contributed by atoms with E-state index in [2.05, 4.69) is 12.2 Å². The van der Waals surface area contributed by atoms with Gasteiger partial charge in [-0.05, 0) is 31.9 Å². The molecule has 1 N–H and O–H groups in total. The number of hydrogen-bond acceptors (Lipinski definition) is 3. The minimum absolute atomic E-state index is 0.0327. The smallest absolute Gasteiger partial charge is 0.255 e. The molecule has 1 aliphatic heterocycles. The predicted octanol–water partition coefficient (Wildman–Crippen LogP) is 3.29. The molecule has 1 aliphatic rings. The van der Waals surface area contributed by atoms with Crippen molar-refractivity contribution in [2.24, 2.45) is 0 Å². The highest BCUT2D eigenvalue weighted by Gasteiger charge is 2.41. The molecule has 3 atom stereocenters. The van der Waals surface area contributed by atoms with Crippen LogP contribution >= 0.6 is 11.8 Å². The van der Waals surface area contributed by atoms with Crippen LogP contribution in [0.3, 0.4) is 0 Å². The van der Waals surface area contributed by atoms with E-state index in [1.807, 2.05) is 44.2 Å². The Hall–Kier alpha value is -1.49. The summed E-state index contributed by atoms with van der Waals surface area (Å²) >= 11 is 1.71. The molecule has 23 heavy (non-hydrogen) atoms. The Labute approximate surface area is 143 Å². The van der Waals surface area contributed by atoms with E-state index >= 15 is 0 Å². The molecule has 2 amide bonds. The number of nitrogens with one attached hydrogen (secondary N) is 1. The van der Waals surface area contributed by atoms with Crippen LogP contribution in [-0.4, -0.2) is 39.9 Å². The average molecular weight is 334 g/mol. The van der Waals surface area contributed by atoms with Crippen LogP contribution in [0, 0.1) is 0 Å². The molecule has 0 aromatic heterocycles. The molecule has 1 saturated heterocycles. The molecule has 0 saturated carbocycles. The molecule has 0 bridgehead atoms. The Balaban J connectivity index is 2.20. The van der Waals surface area contributed by atoms with Gasteiger partial charge in [0.05, 0.1) is 5.37 Å². The fraction of sp³-hybridized carbons (Fsp3) is 0.556. The van der Waals surface area contributed by atoms with Gasteiger partial charge in [0.15, 0.2) is 0 Å². The molecule has 1 heterocycles. The summed E-state index contributed by atoms with van der Waals surface area (Å²) in [6.45, 7) is 6.15. The van der Waals surface area contributed by atoms with Crippen molar-refractivity contribution in [1.29, 1.82) is 0 Å². The number of carbonyl (C=O) groups excluding carboxylic acids is 2. The lowest BCUT2D eigenvalue weighted by Gasteiger charge is -2.29. The lowest BCUT2D eigenvalue weighted by atomic mass is 10.1. The van der Waals surface area contributed by atoms with Crippen molar-refractivity contribution in [3.63, 3.8) is 0 Å². The van der Waals surface area contributed by atoms with Crippen molar-refractivity contribution in [2.45, 2.75) is 57.5 Å². The molecule has 5 heteroatoms. The number of benzene rings is 1. The van der Waals surface area contributed by atoms with E-state index < -0.39 is 0 Å². The van der Waals surface area contributed by atoms with Gasteiger partial charge in [0.25, 0.3) is 5.91 Å². The van der Waals surface area contributed by atoms with Gasteiger partial charge in [-0.2, -0.15) is 0 Å². The van der Waals surface area contributed by atoms with Gasteiger partial charge in [0.2, 0.25) is 5.91 Å². The molecule has 4 nitrogen and oxygen atoms in total. The summed E-state index contributed by atoms with van der Waals surface area (Å²) in [5.41, 5.74) is 0.650. The molecule has 0 spiro atoms. The van der Waals surface area contributed by atoms with Crippen LogP contribution in [-0.2, 0) is 4.79 Å². The van der Waals surface area contributed by atoms with Gasteiger partial charge in [-0.15, -0.1) is 11.8 Å². The van der Waals surface area contributed by atoms with Crippen molar-refractivity contribution < 1.29 is 9.59 Å². The first kappa shape index (κ1) is 17.9. The first-order chi connectivity index (χ1) is 11.1. The molecular formula is C18H26N2O2S. The van der Waals surface area contributed by atoms with Crippen LogP contribution in [0.15, 0.2) is 30.3 Å². The molecule has 0 aliphatic carbocycles. The van der Waals surface area contributed by atoms with E-state index in [0.29, 0.717) is 11.3 Å². The summed E-state index contributed by atoms with van der Waals surface area (Å²) in [6.07, 6.45) is 2.79. The monoisotopic (exact) mass is 334 g/mol. The van der Waals surface area contributed by atoms with Gasteiger partial charge in [-0.3, -0.25) is 9.59 Å². The Kier molecular flexibility index (Phi) is 6.51. The van der Waals surface area contributed by atoms with Crippen molar-refractivity contribution in [2.75, 3.05) is 5.75 Å². The van der Waals surface area contributed by atoms with Crippen molar-refractivity contribution in [3.05, 3.63) is 35.9 Å². The topological polar surface area (TPSA) is 49.4 Å². The van der Waals surface area contributed by atoms with E-state index in [0.717, 1.165) is 19.3 Å². The summed E-state index contributed by atoms with van der Waals surface area (Å²) in [5, 5.41) is 3.11. The number of rotatable bonds is 6. The van der Waals surface area contributed by atoms with E-state index in [-0.39, 0.29) is 29.3 Å². The third-order valence-corrected chi connectivity index (χ3v) is 5.54. The molecule has 3 unspecified atom stereocenters. The van der Waals surface area contributed by atoms with Crippen molar-refractivity contribution in [1.82, 2.24) is 10.2 Å². The van der Waals surface area contributed by atoms with Crippen LogP contribution in [0.2, 0.25) is 0 Å². The Morgan fingerprint density at radius 3 is 2.61 bits per heavy atom. The fourth-order valence-electron chi connectivity index (χ4n) is 2.68. The molecule has 1 aromatic rings. The number of carbonyl (C=O) groups is 2. The lowest BCUT2D eigenvalue weighted by Crippen LogP contribution is -2.51. The maximum Gasteiger partial charge on any atom is 0.255 e. The second kappa shape index (κ2) is 8.39. The van der Waals surface area contributed by atoms with Gasteiger partial charge in [-0.1, -0.05) is 38.5 Å². The third kappa shape index (κ3) is 4.28.